The van der Waals surface area contributed by atoms with Gasteiger partial charge in [0.25, 0.3) is 0 Å². The second-order valence-corrected chi connectivity index (χ2v) is 5.82. The van der Waals surface area contributed by atoms with Crippen LogP contribution in [0.4, 0.5) is 23.0 Å². The van der Waals surface area contributed by atoms with Crippen LogP contribution < -0.4 is 16.8 Å². The molecular formula is C16H17N7O. The van der Waals surface area contributed by atoms with Crippen molar-refractivity contribution in [2.45, 2.75) is 32.2 Å². The Morgan fingerprint density at radius 3 is 2.71 bits per heavy atom. The van der Waals surface area contributed by atoms with Gasteiger partial charge in [-0.3, -0.25) is 0 Å². The van der Waals surface area contributed by atoms with E-state index in [1.54, 1.807) is 19.1 Å². The third-order valence-corrected chi connectivity index (χ3v) is 4.00. The molecule has 0 bridgehead atoms. The fourth-order valence-corrected chi connectivity index (χ4v) is 2.46. The van der Waals surface area contributed by atoms with Crippen LogP contribution >= 0.6 is 0 Å². The number of nitroso groups, excluding NO2 is 1. The van der Waals surface area contributed by atoms with Gasteiger partial charge in [-0.2, -0.15) is 5.26 Å². The number of nitrogens with two attached hydrogens (primary N) is 2. The molecule has 8 nitrogen and oxygen atoms in total. The van der Waals surface area contributed by atoms with E-state index < -0.39 is 0 Å². The Hall–Kier alpha value is -3.21. The fourth-order valence-electron chi connectivity index (χ4n) is 2.46. The van der Waals surface area contributed by atoms with Crippen molar-refractivity contribution in [1.29, 1.82) is 5.26 Å². The average Bonchev–Trinajstić information content (AvgIpc) is 3.39. The highest BCUT2D eigenvalue weighted by atomic mass is 16.3. The van der Waals surface area contributed by atoms with E-state index in [1.165, 1.54) is 0 Å². The molecule has 0 amide bonds. The van der Waals surface area contributed by atoms with Crippen molar-refractivity contribution in [3.63, 3.8) is 0 Å². The third kappa shape index (κ3) is 2.96. The van der Waals surface area contributed by atoms with E-state index >= 15 is 0 Å². The average molecular weight is 323 g/mol. The highest BCUT2D eigenvalue weighted by Crippen LogP contribution is 2.32. The zero-order chi connectivity index (χ0) is 17.3. The van der Waals surface area contributed by atoms with E-state index in [0.717, 1.165) is 18.5 Å². The van der Waals surface area contributed by atoms with E-state index in [-0.39, 0.29) is 11.5 Å². The van der Waals surface area contributed by atoms with Crippen LogP contribution in [0.15, 0.2) is 17.3 Å². The number of aryl methyl sites for hydroxylation is 1. The van der Waals surface area contributed by atoms with E-state index in [4.69, 9.17) is 11.5 Å². The van der Waals surface area contributed by atoms with Crippen molar-refractivity contribution in [3.05, 3.63) is 39.6 Å². The number of rotatable bonds is 5. The van der Waals surface area contributed by atoms with Crippen molar-refractivity contribution in [2.24, 2.45) is 5.18 Å². The first-order chi connectivity index (χ1) is 11.5. The lowest BCUT2D eigenvalue weighted by atomic mass is 10.0. The number of nitriles is 1. The van der Waals surface area contributed by atoms with Gasteiger partial charge in [0.1, 0.15) is 17.6 Å². The number of nitrogens with zero attached hydrogens (tertiary/aromatic N) is 4. The number of nitrogens with one attached hydrogen (secondary N) is 1. The maximum Gasteiger partial charge on any atom is 0.222 e. The topological polar surface area (TPSA) is 143 Å². The molecule has 0 atom stereocenters. The van der Waals surface area contributed by atoms with Gasteiger partial charge in [0, 0.05) is 29.4 Å². The molecule has 1 saturated carbocycles. The Labute approximate surface area is 138 Å². The maximum absolute atomic E-state index is 10.7. The number of hydrogen-bond acceptors (Lipinski definition) is 8. The molecule has 5 N–H and O–H groups in total. The summed E-state index contributed by atoms with van der Waals surface area (Å²) in [5.74, 6) is 0.485. The maximum atomic E-state index is 10.7. The van der Waals surface area contributed by atoms with E-state index in [1.807, 2.05) is 0 Å². The SMILES string of the molecule is Cc1nc(N=O)c(N)c(N)c1Cc1ccc(C#N)c(NC2CC2)n1. The third-order valence-electron chi connectivity index (χ3n) is 4.00. The number of hydrogen-bond donors (Lipinski definition) is 3. The molecule has 24 heavy (non-hydrogen) atoms. The van der Waals surface area contributed by atoms with Crippen LogP contribution in [-0.2, 0) is 6.42 Å². The molecule has 2 heterocycles. The fraction of sp³-hybridized carbons (Fsp3) is 0.312. The van der Waals surface area contributed by atoms with Crippen LogP contribution in [0.1, 0.15) is 35.4 Å². The number of anilines is 3. The first-order valence-corrected chi connectivity index (χ1v) is 7.57. The Balaban J connectivity index is 1.95. The normalized spacial score (nSPS) is 13.3. The van der Waals surface area contributed by atoms with Crippen LogP contribution in [0.3, 0.4) is 0 Å². The van der Waals surface area contributed by atoms with Crippen LogP contribution in [0.25, 0.3) is 0 Å². The Morgan fingerprint density at radius 2 is 2.08 bits per heavy atom. The number of nitrogen functional groups attached to an aromatic ring is 2. The largest absolute Gasteiger partial charge is 0.397 e. The molecule has 8 heteroatoms. The lowest BCUT2D eigenvalue weighted by Crippen LogP contribution is -2.09. The van der Waals surface area contributed by atoms with Crippen LogP contribution in [-0.4, -0.2) is 16.0 Å². The Kier molecular flexibility index (Phi) is 4.00. The summed E-state index contributed by atoms with van der Waals surface area (Å²) >= 11 is 0. The molecule has 122 valence electrons. The summed E-state index contributed by atoms with van der Waals surface area (Å²) in [7, 11) is 0. The Bertz CT molecular complexity index is 852. The highest BCUT2D eigenvalue weighted by molar-refractivity contribution is 5.77. The minimum atomic E-state index is -0.0994. The molecule has 0 aromatic carbocycles. The summed E-state index contributed by atoms with van der Waals surface area (Å²) in [5.41, 5.74) is 14.7. The van der Waals surface area contributed by atoms with Gasteiger partial charge in [-0.15, -0.1) is 4.91 Å². The van der Waals surface area contributed by atoms with Gasteiger partial charge in [-0.05, 0) is 37.1 Å². The molecule has 3 rings (SSSR count). The van der Waals surface area contributed by atoms with E-state index in [9.17, 15) is 10.2 Å². The summed E-state index contributed by atoms with van der Waals surface area (Å²) in [4.78, 5) is 19.3. The van der Waals surface area contributed by atoms with Crippen LogP contribution in [0, 0.1) is 23.2 Å². The molecule has 0 aliphatic heterocycles. The zero-order valence-corrected chi connectivity index (χ0v) is 13.2. The van der Waals surface area contributed by atoms with Crippen LogP contribution in [0.2, 0.25) is 0 Å². The van der Waals surface area contributed by atoms with Gasteiger partial charge in [0.05, 0.1) is 11.3 Å². The minimum Gasteiger partial charge on any atom is -0.397 e. The summed E-state index contributed by atoms with van der Waals surface area (Å²) in [6.07, 6.45) is 2.58. The first kappa shape index (κ1) is 15.7. The van der Waals surface area contributed by atoms with Gasteiger partial charge in [0.2, 0.25) is 5.82 Å². The van der Waals surface area contributed by atoms with Crippen LogP contribution in [0.5, 0.6) is 0 Å². The molecule has 1 aliphatic rings. The number of pyridine rings is 2. The smallest absolute Gasteiger partial charge is 0.222 e. The molecule has 0 spiro atoms. The van der Waals surface area contributed by atoms with Crippen molar-refractivity contribution >= 4 is 23.0 Å². The standard InChI is InChI=1S/C16H17N7O/c1-8-12(13(18)14(19)16(20-8)23-24)6-11-3-2-9(7-17)15(22-11)21-10-4-5-10/h2-3,10H,4-6,19H2,1H3,(H2,18,20)(H,21,22). The zero-order valence-electron chi connectivity index (χ0n) is 13.2. The van der Waals surface area contributed by atoms with Crippen molar-refractivity contribution in [2.75, 3.05) is 16.8 Å². The summed E-state index contributed by atoms with van der Waals surface area (Å²) in [6, 6.07) is 6.04. The molecule has 1 aliphatic carbocycles. The molecule has 0 radical (unpaired) electrons. The van der Waals surface area contributed by atoms with Crippen molar-refractivity contribution in [3.8, 4) is 6.07 Å². The predicted octanol–water partition coefficient (Wildman–Crippen LogP) is 2.38. The monoisotopic (exact) mass is 323 g/mol. The highest BCUT2D eigenvalue weighted by Gasteiger charge is 2.23. The molecule has 0 unspecified atom stereocenters. The van der Waals surface area contributed by atoms with E-state index in [0.29, 0.717) is 40.8 Å². The van der Waals surface area contributed by atoms with Gasteiger partial charge in [0.15, 0.2) is 0 Å². The minimum absolute atomic E-state index is 0.0792. The Morgan fingerprint density at radius 1 is 1.33 bits per heavy atom. The molecule has 1 fully saturated rings. The van der Waals surface area contributed by atoms with Gasteiger partial charge in [-0.25, -0.2) is 9.97 Å². The summed E-state index contributed by atoms with van der Waals surface area (Å²) in [6.45, 7) is 1.74. The molecule has 0 saturated heterocycles. The predicted molar refractivity (Wildman–Crippen MR) is 91.7 cm³/mol. The second kappa shape index (κ2) is 6.12. The van der Waals surface area contributed by atoms with Crippen molar-refractivity contribution < 1.29 is 0 Å². The van der Waals surface area contributed by atoms with Gasteiger partial charge >= 0.3 is 0 Å². The molecule has 2 aromatic heterocycles. The van der Waals surface area contributed by atoms with Gasteiger partial charge < -0.3 is 16.8 Å². The lowest BCUT2D eigenvalue weighted by molar-refractivity contribution is 1.01. The lowest BCUT2D eigenvalue weighted by Gasteiger charge is -2.13. The quantitative estimate of drug-likeness (QED) is 0.716. The second-order valence-electron chi connectivity index (χ2n) is 5.82. The summed E-state index contributed by atoms with van der Waals surface area (Å²) in [5, 5.41) is 15.2. The van der Waals surface area contributed by atoms with E-state index in [2.05, 4.69) is 26.5 Å². The molecule has 2 aromatic rings. The number of aromatic nitrogens is 2. The van der Waals surface area contributed by atoms with Gasteiger partial charge in [-0.1, -0.05) is 0 Å². The molecular weight excluding hydrogens is 306 g/mol. The first-order valence-electron chi connectivity index (χ1n) is 7.57. The van der Waals surface area contributed by atoms with Crippen molar-refractivity contribution in [1.82, 2.24) is 9.97 Å². The summed E-state index contributed by atoms with van der Waals surface area (Å²) < 4.78 is 0.